The van der Waals surface area contributed by atoms with Crippen LogP contribution in [0.4, 0.5) is 0 Å². The lowest BCUT2D eigenvalue weighted by molar-refractivity contribution is -0.131. The Kier molecular flexibility index (Phi) is 4.76. The number of carbonyl (C=O) groups excluding carboxylic acids is 1. The first-order chi connectivity index (χ1) is 9.99. The number of amides is 1. The minimum Gasteiger partial charge on any atom is -0.340 e. The van der Waals surface area contributed by atoms with E-state index in [1.165, 1.54) is 11.1 Å². The van der Waals surface area contributed by atoms with E-state index in [4.69, 9.17) is 5.73 Å². The van der Waals surface area contributed by atoms with E-state index in [1.54, 1.807) is 11.9 Å². The van der Waals surface area contributed by atoms with Crippen LogP contribution in [0.15, 0.2) is 48.5 Å². The van der Waals surface area contributed by atoms with Crippen LogP contribution in [0.1, 0.15) is 28.3 Å². The fraction of sp³-hybridized carbons (Fsp3) is 0.278. The summed E-state index contributed by atoms with van der Waals surface area (Å²) in [7, 11) is 1.80. The summed E-state index contributed by atoms with van der Waals surface area (Å²) >= 11 is 0. The van der Waals surface area contributed by atoms with Crippen LogP contribution in [0.25, 0.3) is 0 Å². The fourth-order valence-corrected chi connectivity index (χ4v) is 2.40. The fourth-order valence-electron chi connectivity index (χ4n) is 2.40. The van der Waals surface area contributed by atoms with Gasteiger partial charge < -0.3 is 10.6 Å². The van der Waals surface area contributed by atoms with Crippen LogP contribution in [0.2, 0.25) is 0 Å². The molecule has 0 saturated heterocycles. The van der Waals surface area contributed by atoms with E-state index in [2.05, 4.69) is 32.0 Å². The lowest BCUT2D eigenvalue weighted by Crippen LogP contribution is -2.35. The molecule has 2 aromatic carbocycles. The third-order valence-electron chi connectivity index (χ3n) is 3.71. The molecule has 0 bridgehead atoms. The predicted octanol–water partition coefficient (Wildman–Crippen LogP) is 2.96. The van der Waals surface area contributed by atoms with Gasteiger partial charge in [-0.3, -0.25) is 4.79 Å². The van der Waals surface area contributed by atoms with Crippen LogP contribution in [0, 0.1) is 13.8 Å². The van der Waals surface area contributed by atoms with Crippen molar-refractivity contribution in [2.45, 2.75) is 26.4 Å². The van der Waals surface area contributed by atoms with Crippen molar-refractivity contribution >= 4 is 5.91 Å². The Morgan fingerprint density at radius 1 is 1.14 bits per heavy atom. The monoisotopic (exact) mass is 282 g/mol. The van der Waals surface area contributed by atoms with Gasteiger partial charge in [-0.25, -0.2) is 0 Å². The van der Waals surface area contributed by atoms with Crippen molar-refractivity contribution in [3.63, 3.8) is 0 Å². The van der Waals surface area contributed by atoms with Gasteiger partial charge in [0.05, 0.1) is 0 Å². The maximum Gasteiger partial charge on any atom is 0.244 e. The molecular weight excluding hydrogens is 260 g/mol. The predicted molar refractivity (Wildman–Crippen MR) is 85.8 cm³/mol. The molecule has 0 heterocycles. The summed E-state index contributed by atoms with van der Waals surface area (Å²) in [5.41, 5.74) is 10.5. The number of carbonyl (C=O) groups is 1. The molecule has 2 N–H and O–H groups in total. The highest BCUT2D eigenvalue weighted by Gasteiger charge is 2.20. The van der Waals surface area contributed by atoms with Crippen LogP contribution >= 0.6 is 0 Å². The van der Waals surface area contributed by atoms with Crippen molar-refractivity contribution in [2.24, 2.45) is 5.73 Å². The molecule has 3 heteroatoms. The first kappa shape index (κ1) is 15.3. The number of benzene rings is 2. The molecule has 0 aliphatic heterocycles. The molecule has 0 radical (unpaired) electrons. The van der Waals surface area contributed by atoms with Crippen molar-refractivity contribution in [2.75, 3.05) is 7.05 Å². The van der Waals surface area contributed by atoms with E-state index in [1.807, 2.05) is 30.3 Å². The molecule has 2 rings (SSSR count). The van der Waals surface area contributed by atoms with E-state index >= 15 is 0 Å². The van der Waals surface area contributed by atoms with Crippen LogP contribution in [-0.4, -0.2) is 17.9 Å². The lowest BCUT2D eigenvalue weighted by atomic mass is 10.0. The van der Waals surface area contributed by atoms with E-state index in [0.29, 0.717) is 6.54 Å². The lowest BCUT2D eigenvalue weighted by Gasteiger charge is -2.22. The van der Waals surface area contributed by atoms with Gasteiger partial charge in [-0.2, -0.15) is 0 Å². The van der Waals surface area contributed by atoms with Crippen molar-refractivity contribution in [1.29, 1.82) is 0 Å². The van der Waals surface area contributed by atoms with Crippen molar-refractivity contribution in [3.8, 4) is 0 Å². The second-order valence-corrected chi connectivity index (χ2v) is 5.51. The zero-order valence-electron chi connectivity index (χ0n) is 12.8. The summed E-state index contributed by atoms with van der Waals surface area (Å²) in [4.78, 5) is 14.1. The number of nitrogens with two attached hydrogens (primary N) is 1. The van der Waals surface area contributed by atoms with Crippen LogP contribution < -0.4 is 5.73 Å². The van der Waals surface area contributed by atoms with E-state index in [0.717, 1.165) is 11.1 Å². The van der Waals surface area contributed by atoms with Gasteiger partial charge in [-0.15, -0.1) is 0 Å². The average molecular weight is 282 g/mol. The molecule has 0 spiro atoms. The van der Waals surface area contributed by atoms with Crippen molar-refractivity contribution in [1.82, 2.24) is 4.90 Å². The summed E-state index contributed by atoms with van der Waals surface area (Å²) in [6.07, 6.45) is 0. The molecule has 0 fully saturated rings. The third-order valence-corrected chi connectivity index (χ3v) is 3.71. The van der Waals surface area contributed by atoms with Crippen LogP contribution in [0.5, 0.6) is 0 Å². The SMILES string of the molecule is Cc1ccc(CN(C)C(=O)C(N)c2ccccc2)c(C)c1. The Morgan fingerprint density at radius 2 is 1.81 bits per heavy atom. The smallest absolute Gasteiger partial charge is 0.244 e. The molecule has 0 aliphatic rings. The zero-order chi connectivity index (χ0) is 15.4. The van der Waals surface area contributed by atoms with Crippen LogP contribution in [-0.2, 0) is 11.3 Å². The highest BCUT2D eigenvalue weighted by molar-refractivity contribution is 5.82. The molecular formula is C18H22N2O. The Balaban J connectivity index is 2.09. The number of hydrogen-bond acceptors (Lipinski definition) is 2. The minimum absolute atomic E-state index is 0.0684. The topological polar surface area (TPSA) is 46.3 Å². The summed E-state index contributed by atoms with van der Waals surface area (Å²) < 4.78 is 0. The van der Waals surface area contributed by atoms with Gasteiger partial charge >= 0.3 is 0 Å². The Labute approximate surface area is 126 Å². The Bertz CT molecular complexity index is 622. The molecule has 1 unspecified atom stereocenters. The summed E-state index contributed by atoms with van der Waals surface area (Å²) in [5.74, 6) is -0.0684. The molecule has 110 valence electrons. The Hall–Kier alpha value is -2.13. The maximum absolute atomic E-state index is 12.4. The standard InChI is InChI=1S/C18H22N2O/c1-13-9-10-16(14(2)11-13)12-20(3)18(21)17(19)15-7-5-4-6-8-15/h4-11,17H,12,19H2,1-3H3. The molecule has 3 nitrogen and oxygen atoms in total. The van der Waals surface area contributed by atoms with E-state index in [9.17, 15) is 4.79 Å². The van der Waals surface area contributed by atoms with Crippen molar-refractivity contribution in [3.05, 3.63) is 70.8 Å². The molecule has 21 heavy (non-hydrogen) atoms. The van der Waals surface area contributed by atoms with Crippen LogP contribution in [0.3, 0.4) is 0 Å². The van der Waals surface area contributed by atoms with Gasteiger partial charge in [-0.1, -0.05) is 54.1 Å². The quantitative estimate of drug-likeness (QED) is 0.937. The highest BCUT2D eigenvalue weighted by atomic mass is 16.2. The number of rotatable bonds is 4. The number of hydrogen-bond donors (Lipinski definition) is 1. The molecule has 0 aliphatic carbocycles. The van der Waals surface area contributed by atoms with Gasteiger partial charge in [0.2, 0.25) is 5.91 Å². The third kappa shape index (κ3) is 3.70. The summed E-state index contributed by atoms with van der Waals surface area (Å²) in [6.45, 7) is 4.71. The van der Waals surface area contributed by atoms with Gasteiger partial charge in [0.15, 0.2) is 0 Å². The maximum atomic E-state index is 12.4. The molecule has 0 aromatic heterocycles. The second kappa shape index (κ2) is 6.55. The number of likely N-dealkylation sites (N-methyl/N-ethyl adjacent to an activating group) is 1. The average Bonchev–Trinajstić information content (AvgIpc) is 2.49. The van der Waals surface area contributed by atoms with E-state index in [-0.39, 0.29) is 5.91 Å². The van der Waals surface area contributed by atoms with Gasteiger partial charge in [0, 0.05) is 13.6 Å². The largest absolute Gasteiger partial charge is 0.340 e. The van der Waals surface area contributed by atoms with E-state index < -0.39 is 6.04 Å². The molecule has 1 atom stereocenters. The van der Waals surface area contributed by atoms with Gasteiger partial charge in [0.25, 0.3) is 0 Å². The summed E-state index contributed by atoms with van der Waals surface area (Å²) in [5, 5.41) is 0. The number of aryl methyl sites for hydroxylation is 2. The molecule has 2 aromatic rings. The normalized spacial score (nSPS) is 12.0. The van der Waals surface area contributed by atoms with Gasteiger partial charge in [0.1, 0.15) is 6.04 Å². The first-order valence-corrected chi connectivity index (χ1v) is 7.10. The highest BCUT2D eigenvalue weighted by Crippen LogP contribution is 2.16. The Morgan fingerprint density at radius 3 is 2.43 bits per heavy atom. The number of nitrogens with zero attached hydrogens (tertiary/aromatic N) is 1. The summed E-state index contributed by atoms with van der Waals surface area (Å²) in [6, 6.07) is 15.1. The molecule has 1 amide bonds. The zero-order valence-corrected chi connectivity index (χ0v) is 12.8. The second-order valence-electron chi connectivity index (χ2n) is 5.51. The van der Waals surface area contributed by atoms with Gasteiger partial charge in [-0.05, 0) is 30.5 Å². The minimum atomic E-state index is -0.609. The first-order valence-electron chi connectivity index (χ1n) is 7.10. The van der Waals surface area contributed by atoms with Crippen molar-refractivity contribution < 1.29 is 4.79 Å². The molecule has 0 saturated carbocycles.